The number of thiazole rings is 1. The molecular formula is C15H11ClN2OS. The number of nitrogen functional groups attached to an aromatic ring is 1. The molecule has 1 aromatic heterocycles. The maximum atomic E-state index is 5.92. The first-order chi connectivity index (χ1) is 9.70. The van der Waals surface area contributed by atoms with Crippen molar-refractivity contribution in [2.75, 3.05) is 5.73 Å². The summed E-state index contributed by atoms with van der Waals surface area (Å²) in [5.74, 6) is 1.46. The van der Waals surface area contributed by atoms with Gasteiger partial charge in [-0.25, -0.2) is 4.98 Å². The van der Waals surface area contributed by atoms with Gasteiger partial charge in [0.25, 0.3) is 0 Å². The summed E-state index contributed by atoms with van der Waals surface area (Å²) in [7, 11) is 0. The largest absolute Gasteiger partial charge is 0.457 e. The second-order valence-electron chi connectivity index (χ2n) is 4.15. The van der Waals surface area contributed by atoms with E-state index in [1.165, 1.54) is 11.3 Å². The van der Waals surface area contributed by atoms with Crippen LogP contribution in [-0.4, -0.2) is 4.98 Å². The van der Waals surface area contributed by atoms with Gasteiger partial charge in [0.1, 0.15) is 11.5 Å². The van der Waals surface area contributed by atoms with Crippen molar-refractivity contribution in [1.29, 1.82) is 0 Å². The van der Waals surface area contributed by atoms with E-state index in [0.717, 1.165) is 17.0 Å². The van der Waals surface area contributed by atoms with Crippen molar-refractivity contribution >= 4 is 28.1 Å². The predicted molar refractivity (Wildman–Crippen MR) is 83.5 cm³/mol. The molecule has 1 heterocycles. The van der Waals surface area contributed by atoms with Crippen molar-refractivity contribution in [2.24, 2.45) is 0 Å². The predicted octanol–water partition coefficient (Wildman–Crippen LogP) is 4.84. The maximum Gasteiger partial charge on any atom is 0.180 e. The van der Waals surface area contributed by atoms with E-state index in [9.17, 15) is 0 Å². The van der Waals surface area contributed by atoms with E-state index in [2.05, 4.69) is 4.98 Å². The molecular weight excluding hydrogens is 292 g/mol. The Morgan fingerprint density at radius 3 is 2.50 bits per heavy atom. The van der Waals surface area contributed by atoms with Gasteiger partial charge in [-0.05, 0) is 42.5 Å². The molecule has 0 saturated carbocycles. The average molecular weight is 303 g/mol. The molecule has 0 unspecified atom stereocenters. The van der Waals surface area contributed by atoms with Crippen LogP contribution in [0.15, 0.2) is 53.9 Å². The average Bonchev–Trinajstić information content (AvgIpc) is 2.86. The van der Waals surface area contributed by atoms with Crippen LogP contribution in [0.5, 0.6) is 11.5 Å². The normalized spacial score (nSPS) is 10.4. The van der Waals surface area contributed by atoms with E-state index in [1.807, 2.05) is 47.8 Å². The Kier molecular flexibility index (Phi) is 3.58. The Labute approximate surface area is 125 Å². The van der Waals surface area contributed by atoms with Gasteiger partial charge in [-0.1, -0.05) is 17.7 Å². The van der Waals surface area contributed by atoms with Gasteiger partial charge in [0, 0.05) is 16.0 Å². The van der Waals surface area contributed by atoms with Crippen molar-refractivity contribution in [2.45, 2.75) is 0 Å². The molecule has 0 spiro atoms. The molecule has 20 heavy (non-hydrogen) atoms. The Balaban J connectivity index is 1.79. The monoisotopic (exact) mass is 302 g/mol. The fourth-order valence-electron chi connectivity index (χ4n) is 1.78. The van der Waals surface area contributed by atoms with E-state index in [-0.39, 0.29) is 0 Å². The molecule has 0 aliphatic heterocycles. The van der Waals surface area contributed by atoms with E-state index < -0.39 is 0 Å². The molecule has 3 aromatic rings. The van der Waals surface area contributed by atoms with Crippen molar-refractivity contribution in [3.05, 3.63) is 58.9 Å². The van der Waals surface area contributed by atoms with Crippen molar-refractivity contribution in [1.82, 2.24) is 4.98 Å². The standard InChI is InChI=1S/C15H11ClN2OS/c16-11-2-1-3-13(8-11)19-12-6-4-10(5-7-12)14-9-20-15(17)18-14/h1-9H,(H2,17,18). The van der Waals surface area contributed by atoms with Crippen LogP contribution < -0.4 is 10.5 Å². The smallest absolute Gasteiger partial charge is 0.180 e. The second-order valence-corrected chi connectivity index (χ2v) is 5.48. The number of nitrogens with zero attached hydrogens (tertiary/aromatic N) is 1. The number of hydrogen-bond acceptors (Lipinski definition) is 4. The lowest BCUT2D eigenvalue weighted by molar-refractivity contribution is 0.483. The SMILES string of the molecule is Nc1nc(-c2ccc(Oc3cccc(Cl)c3)cc2)cs1. The topological polar surface area (TPSA) is 48.1 Å². The van der Waals surface area contributed by atoms with Crippen LogP contribution in [-0.2, 0) is 0 Å². The number of anilines is 1. The summed E-state index contributed by atoms with van der Waals surface area (Å²) in [6.45, 7) is 0. The molecule has 0 amide bonds. The van der Waals surface area contributed by atoms with Gasteiger partial charge in [0.05, 0.1) is 5.69 Å². The van der Waals surface area contributed by atoms with Crippen LogP contribution >= 0.6 is 22.9 Å². The highest BCUT2D eigenvalue weighted by Gasteiger charge is 2.03. The molecule has 0 aliphatic rings. The molecule has 0 fully saturated rings. The summed E-state index contributed by atoms with van der Waals surface area (Å²) in [5, 5.41) is 3.15. The van der Waals surface area contributed by atoms with Gasteiger partial charge in [-0.3, -0.25) is 0 Å². The third-order valence-electron chi connectivity index (χ3n) is 2.70. The Bertz CT molecular complexity index is 725. The molecule has 0 radical (unpaired) electrons. The third kappa shape index (κ3) is 2.92. The maximum absolute atomic E-state index is 5.92. The van der Waals surface area contributed by atoms with Gasteiger partial charge >= 0.3 is 0 Å². The molecule has 3 nitrogen and oxygen atoms in total. The second kappa shape index (κ2) is 5.53. The van der Waals surface area contributed by atoms with E-state index >= 15 is 0 Å². The summed E-state index contributed by atoms with van der Waals surface area (Å²) >= 11 is 7.35. The highest BCUT2D eigenvalue weighted by molar-refractivity contribution is 7.13. The minimum absolute atomic E-state index is 0.569. The summed E-state index contributed by atoms with van der Waals surface area (Å²) < 4.78 is 5.73. The van der Waals surface area contributed by atoms with Gasteiger partial charge in [0.15, 0.2) is 5.13 Å². The molecule has 5 heteroatoms. The third-order valence-corrected chi connectivity index (χ3v) is 3.61. The zero-order valence-corrected chi connectivity index (χ0v) is 12.0. The molecule has 0 saturated heterocycles. The molecule has 0 atom stereocenters. The van der Waals surface area contributed by atoms with Crippen LogP contribution in [0, 0.1) is 0 Å². The number of ether oxygens (including phenoxy) is 1. The van der Waals surface area contributed by atoms with E-state index in [0.29, 0.717) is 15.9 Å². The highest BCUT2D eigenvalue weighted by atomic mass is 35.5. The van der Waals surface area contributed by atoms with E-state index in [4.69, 9.17) is 22.1 Å². The lowest BCUT2D eigenvalue weighted by atomic mass is 10.2. The number of aromatic nitrogens is 1. The molecule has 0 bridgehead atoms. The molecule has 3 rings (SSSR count). The molecule has 2 N–H and O–H groups in total. The number of benzene rings is 2. The summed E-state index contributed by atoms with van der Waals surface area (Å²) in [4.78, 5) is 4.24. The Hall–Kier alpha value is -2.04. The van der Waals surface area contributed by atoms with Gasteiger partial charge < -0.3 is 10.5 Å². The quantitative estimate of drug-likeness (QED) is 0.753. The van der Waals surface area contributed by atoms with Crippen LogP contribution in [0.4, 0.5) is 5.13 Å². The number of rotatable bonds is 3. The lowest BCUT2D eigenvalue weighted by Gasteiger charge is -2.06. The Morgan fingerprint density at radius 1 is 1.05 bits per heavy atom. The molecule has 2 aromatic carbocycles. The molecule has 100 valence electrons. The van der Waals surface area contributed by atoms with Crippen LogP contribution in [0.1, 0.15) is 0 Å². The fraction of sp³-hybridized carbons (Fsp3) is 0. The van der Waals surface area contributed by atoms with Gasteiger partial charge in [-0.15, -0.1) is 11.3 Å². The highest BCUT2D eigenvalue weighted by Crippen LogP contribution is 2.28. The van der Waals surface area contributed by atoms with Crippen LogP contribution in [0.25, 0.3) is 11.3 Å². The number of nitrogens with two attached hydrogens (primary N) is 1. The van der Waals surface area contributed by atoms with Crippen molar-refractivity contribution < 1.29 is 4.74 Å². The van der Waals surface area contributed by atoms with E-state index in [1.54, 1.807) is 6.07 Å². The fourth-order valence-corrected chi connectivity index (χ4v) is 2.53. The zero-order valence-electron chi connectivity index (χ0n) is 10.4. The lowest BCUT2D eigenvalue weighted by Crippen LogP contribution is -1.85. The summed E-state index contributed by atoms with van der Waals surface area (Å²) in [6.07, 6.45) is 0. The first-order valence-electron chi connectivity index (χ1n) is 5.95. The minimum Gasteiger partial charge on any atom is -0.457 e. The molecule has 0 aliphatic carbocycles. The first kappa shape index (κ1) is 13.0. The van der Waals surface area contributed by atoms with Gasteiger partial charge in [-0.2, -0.15) is 0 Å². The van der Waals surface area contributed by atoms with Crippen molar-refractivity contribution in [3.8, 4) is 22.8 Å². The first-order valence-corrected chi connectivity index (χ1v) is 7.21. The zero-order chi connectivity index (χ0) is 13.9. The van der Waals surface area contributed by atoms with Crippen LogP contribution in [0.3, 0.4) is 0 Å². The summed E-state index contributed by atoms with van der Waals surface area (Å²) in [5.41, 5.74) is 7.52. The Morgan fingerprint density at radius 2 is 1.85 bits per heavy atom. The van der Waals surface area contributed by atoms with Gasteiger partial charge in [0.2, 0.25) is 0 Å². The van der Waals surface area contributed by atoms with Crippen LogP contribution in [0.2, 0.25) is 5.02 Å². The number of halogens is 1. The minimum atomic E-state index is 0.569. The van der Waals surface area contributed by atoms with Crippen molar-refractivity contribution in [3.63, 3.8) is 0 Å². The summed E-state index contributed by atoms with van der Waals surface area (Å²) in [6, 6.07) is 15.0. The number of hydrogen-bond donors (Lipinski definition) is 1.